The number of nitrogens with zero attached hydrogens (tertiary/aromatic N) is 1. The van der Waals surface area contributed by atoms with E-state index in [0.717, 1.165) is 0 Å². The van der Waals surface area contributed by atoms with Gasteiger partial charge in [0.2, 0.25) is 0 Å². The smallest absolute Gasteiger partial charge is 0.0541 e. The molecule has 0 saturated carbocycles. The van der Waals surface area contributed by atoms with Crippen molar-refractivity contribution in [3.63, 3.8) is 0 Å². The van der Waals surface area contributed by atoms with Crippen LogP contribution in [0.4, 0.5) is 0 Å². The summed E-state index contributed by atoms with van der Waals surface area (Å²) in [6, 6.07) is 59.8. The van der Waals surface area contributed by atoms with Crippen LogP contribution in [0.25, 0.3) is 82.1 Å². The highest BCUT2D eigenvalue weighted by Crippen LogP contribution is 2.36. The minimum absolute atomic E-state index is 1.19. The fourth-order valence-electron chi connectivity index (χ4n) is 6.78. The number of benzene rings is 8. The molecule has 0 unspecified atom stereocenters. The number of aromatic nitrogens is 1. The van der Waals surface area contributed by atoms with Crippen LogP contribution < -0.4 is 0 Å². The third kappa shape index (κ3) is 3.86. The first kappa shape index (κ1) is 24.0. The molecule has 0 aliphatic heterocycles. The monoisotopic (exact) mass is 545 g/mol. The van der Waals surface area contributed by atoms with E-state index < -0.39 is 0 Å². The standard InChI is InChI=1S/C42H27N/c1-2-9-33-25-36(23-21-28(33)7-1)43-41-12-6-5-11-38(41)40-27-35(22-24-42(40)43)30-15-13-29(14-16-30)34-20-19-32-18-17-31-8-3-4-10-37(31)39(32)26-34/h1-27H. The lowest BCUT2D eigenvalue weighted by Gasteiger charge is -2.10. The van der Waals surface area contributed by atoms with Crippen LogP contribution in [0.5, 0.6) is 0 Å². The van der Waals surface area contributed by atoms with Gasteiger partial charge in [0, 0.05) is 16.5 Å². The molecule has 9 aromatic rings. The van der Waals surface area contributed by atoms with Gasteiger partial charge in [0.25, 0.3) is 0 Å². The van der Waals surface area contributed by atoms with Crippen molar-refractivity contribution in [3.8, 4) is 27.9 Å². The zero-order valence-electron chi connectivity index (χ0n) is 23.5. The van der Waals surface area contributed by atoms with Gasteiger partial charge in [-0.3, -0.25) is 0 Å². The molecular formula is C42H27N. The molecule has 0 spiro atoms. The number of rotatable bonds is 3. The molecular weight excluding hydrogens is 518 g/mol. The first-order valence-electron chi connectivity index (χ1n) is 14.8. The largest absolute Gasteiger partial charge is 0.309 e. The van der Waals surface area contributed by atoms with E-state index in [9.17, 15) is 0 Å². The van der Waals surface area contributed by atoms with Crippen molar-refractivity contribution in [3.05, 3.63) is 164 Å². The summed E-state index contributed by atoms with van der Waals surface area (Å²) in [5.41, 5.74) is 8.55. The molecule has 43 heavy (non-hydrogen) atoms. The van der Waals surface area contributed by atoms with E-state index in [2.05, 4.69) is 168 Å². The highest BCUT2D eigenvalue weighted by atomic mass is 15.0. The van der Waals surface area contributed by atoms with Gasteiger partial charge in [-0.1, -0.05) is 127 Å². The normalized spacial score (nSPS) is 11.7. The number of hydrogen-bond donors (Lipinski definition) is 0. The van der Waals surface area contributed by atoms with Crippen molar-refractivity contribution in [1.29, 1.82) is 0 Å². The molecule has 0 N–H and O–H groups in total. The van der Waals surface area contributed by atoms with Gasteiger partial charge < -0.3 is 4.57 Å². The van der Waals surface area contributed by atoms with Gasteiger partial charge in [0.15, 0.2) is 0 Å². The Morgan fingerprint density at radius 3 is 1.58 bits per heavy atom. The Morgan fingerprint density at radius 1 is 0.279 bits per heavy atom. The molecule has 8 aromatic carbocycles. The molecule has 0 radical (unpaired) electrons. The highest BCUT2D eigenvalue weighted by molar-refractivity contribution is 6.11. The van der Waals surface area contributed by atoms with Gasteiger partial charge in [0.05, 0.1) is 11.0 Å². The second-order valence-corrected chi connectivity index (χ2v) is 11.4. The van der Waals surface area contributed by atoms with Crippen LogP contribution in [0.15, 0.2) is 164 Å². The van der Waals surface area contributed by atoms with Gasteiger partial charge in [-0.05, 0) is 91.0 Å². The Bertz CT molecular complexity index is 2500. The second-order valence-electron chi connectivity index (χ2n) is 11.4. The first-order valence-corrected chi connectivity index (χ1v) is 14.8. The Labute approximate surface area is 249 Å². The molecule has 0 atom stereocenters. The van der Waals surface area contributed by atoms with Gasteiger partial charge in [-0.2, -0.15) is 0 Å². The Hall–Kier alpha value is -5.66. The topological polar surface area (TPSA) is 4.93 Å². The van der Waals surface area contributed by atoms with Crippen LogP contribution in [0, 0.1) is 0 Å². The molecule has 0 saturated heterocycles. The molecule has 1 nitrogen and oxygen atoms in total. The average molecular weight is 546 g/mol. The quantitative estimate of drug-likeness (QED) is 0.195. The molecule has 0 bridgehead atoms. The van der Waals surface area contributed by atoms with Crippen LogP contribution in [-0.4, -0.2) is 4.57 Å². The van der Waals surface area contributed by atoms with E-state index in [1.54, 1.807) is 0 Å². The van der Waals surface area contributed by atoms with Crippen molar-refractivity contribution in [2.75, 3.05) is 0 Å². The lowest BCUT2D eigenvalue weighted by molar-refractivity contribution is 1.19. The Kier molecular flexibility index (Phi) is 5.27. The second kappa shape index (κ2) is 9.44. The van der Waals surface area contributed by atoms with Gasteiger partial charge in [-0.25, -0.2) is 0 Å². The van der Waals surface area contributed by atoms with Crippen LogP contribution in [0.2, 0.25) is 0 Å². The van der Waals surface area contributed by atoms with E-state index in [1.807, 2.05) is 0 Å². The van der Waals surface area contributed by atoms with E-state index in [1.165, 1.54) is 82.1 Å². The predicted molar refractivity (Wildman–Crippen MR) is 184 cm³/mol. The number of hydrogen-bond acceptors (Lipinski definition) is 0. The summed E-state index contributed by atoms with van der Waals surface area (Å²) in [7, 11) is 0. The molecule has 0 aliphatic rings. The first-order chi connectivity index (χ1) is 21.3. The fraction of sp³-hybridized carbons (Fsp3) is 0. The minimum Gasteiger partial charge on any atom is -0.309 e. The maximum atomic E-state index is 2.40. The lowest BCUT2D eigenvalue weighted by atomic mass is 9.95. The molecule has 0 amide bonds. The Morgan fingerprint density at radius 2 is 0.791 bits per heavy atom. The van der Waals surface area contributed by atoms with Crippen LogP contribution in [0.3, 0.4) is 0 Å². The molecule has 1 heteroatoms. The molecule has 0 aliphatic carbocycles. The fourth-order valence-corrected chi connectivity index (χ4v) is 6.78. The predicted octanol–water partition coefficient (Wildman–Crippen LogP) is 11.6. The van der Waals surface area contributed by atoms with E-state index in [0.29, 0.717) is 0 Å². The van der Waals surface area contributed by atoms with Crippen LogP contribution >= 0.6 is 0 Å². The van der Waals surface area contributed by atoms with Crippen molar-refractivity contribution in [2.24, 2.45) is 0 Å². The maximum absolute atomic E-state index is 2.40. The maximum Gasteiger partial charge on any atom is 0.0541 e. The molecule has 1 aromatic heterocycles. The summed E-state index contributed by atoms with van der Waals surface area (Å²) < 4.78 is 2.40. The zero-order chi connectivity index (χ0) is 28.3. The number of fused-ring (bicyclic) bond motifs is 7. The summed E-state index contributed by atoms with van der Waals surface area (Å²) in [6.45, 7) is 0. The van der Waals surface area contributed by atoms with Gasteiger partial charge >= 0.3 is 0 Å². The Balaban J connectivity index is 1.13. The van der Waals surface area contributed by atoms with Crippen molar-refractivity contribution >= 4 is 54.1 Å². The third-order valence-corrected chi connectivity index (χ3v) is 8.96. The lowest BCUT2D eigenvalue weighted by Crippen LogP contribution is -1.93. The molecule has 1 heterocycles. The SMILES string of the molecule is c1ccc2cc(-n3c4ccccc4c4cc(-c5ccc(-c6ccc7ccc8ccccc8c7c6)cc5)ccc43)ccc2c1. The molecule has 0 fully saturated rings. The zero-order valence-corrected chi connectivity index (χ0v) is 23.5. The van der Waals surface area contributed by atoms with Crippen molar-refractivity contribution in [1.82, 2.24) is 4.57 Å². The summed E-state index contributed by atoms with van der Waals surface area (Å²) >= 11 is 0. The molecule has 200 valence electrons. The van der Waals surface area contributed by atoms with E-state index in [4.69, 9.17) is 0 Å². The summed E-state index contributed by atoms with van der Waals surface area (Å²) in [5, 5.41) is 10.2. The van der Waals surface area contributed by atoms with E-state index in [-0.39, 0.29) is 0 Å². The molecule has 9 rings (SSSR count). The van der Waals surface area contributed by atoms with Gasteiger partial charge in [-0.15, -0.1) is 0 Å². The highest BCUT2D eigenvalue weighted by Gasteiger charge is 2.14. The van der Waals surface area contributed by atoms with Gasteiger partial charge in [0.1, 0.15) is 0 Å². The van der Waals surface area contributed by atoms with Crippen LogP contribution in [0.1, 0.15) is 0 Å². The van der Waals surface area contributed by atoms with Crippen molar-refractivity contribution in [2.45, 2.75) is 0 Å². The summed E-state index contributed by atoms with van der Waals surface area (Å²) in [4.78, 5) is 0. The third-order valence-electron chi connectivity index (χ3n) is 8.96. The minimum atomic E-state index is 1.19. The summed E-state index contributed by atoms with van der Waals surface area (Å²) in [6.07, 6.45) is 0. The van der Waals surface area contributed by atoms with Crippen molar-refractivity contribution < 1.29 is 0 Å². The van der Waals surface area contributed by atoms with E-state index >= 15 is 0 Å². The number of para-hydroxylation sites is 1. The van der Waals surface area contributed by atoms with Crippen LogP contribution in [-0.2, 0) is 0 Å². The summed E-state index contributed by atoms with van der Waals surface area (Å²) in [5.74, 6) is 0. The average Bonchev–Trinajstić information content (AvgIpc) is 3.41.